The first kappa shape index (κ1) is 12.0. The molecule has 1 atom stereocenters. The van der Waals surface area contributed by atoms with Crippen LogP contribution in [-0.4, -0.2) is 43.8 Å². The molecule has 1 heterocycles. The van der Waals surface area contributed by atoms with E-state index in [1.807, 2.05) is 0 Å². The van der Waals surface area contributed by atoms with Crippen molar-refractivity contribution in [3.63, 3.8) is 0 Å². The summed E-state index contributed by atoms with van der Waals surface area (Å²) < 4.78 is 5.34. The Hall–Kier alpha value is -0.120. The van der Waals surface area contributed by atoms with Gasteiger partial charge >= 0.3 is 0 Å². The lowest BCUT2D eigenvalue weighted by Crippen LogP contribution is -2.45. The van der Waals surface area contributed by atoms with Crippen molar-refractivity contribution in [3.05, 3.63) is 0 Å². The van der Waals surface area contributed by atoms with E-state index in [-0.39, 0.29) is 0 Å². The van der Waals surface area contributed by atoms with Gasteiger partial charge in [0.15, 0.2) is 0 Å². The molecule has 1 fully saturated rings. The number of likely N-dealkylation sites (N-methyl/N-ethyl adjacent to an activating group) is 1. The van der Waals surface area contributed by atoms with Gasteiger partial charge in [0.1, 0.15) is 0 Å². The van der Waals surface area contributed by atoms with Crippen LogP contribution in [-0.2, 0) is 4.74 Å². The van der Waals surface area contributed by atoms with Gasteiger partial charge in [0, 0.05) is 31.8 Å². The minimum absolute atomic E-state index is 0.294. The smallest absolute Gasteiger partial charge is 0.0480 e. The van der Waals surface area contributed by atoms with Gasteiger partial charge in [-0.1, -0.05) is 13.8 Å². The van der Waals surface area contributed by atoms with Gasteiger partial charge in [0.05, 0.1) is 0 Å². The summed E-state index contributed by atoms with van der Waals surface area (Å²) in [5.41, 5.74) is 6.05. The summed E-state index contributed by atoms with van der Waals surface area (Å²) in [4.78, 5) is 2.40. The zero-order valence-electron chi connectivity index (χ0n) is 9.70. The number of hydrogen-bond acceptors (Lipinski definition) is 3. The largest absolute Gasteiger partial charge is 0.381 e. The van der Waals surface area contributed by atoms with Crippen LogP contribution in [0.25, 0.3) is 0 Å². The third-order valence-corrected chi connectivity index (χ3v) is 3.17. The predicted molar refractivity (Wildman–Crippen MR) is 59.3 cm³/mol. The monoisotopic (exact) mass is 200 g/mol. The van der Waals surface area contributed by atoms with E-state index >= 15 is 0 Å². The van der Waals surface area contributed by atoms with Crippen LogP contribution in [0.15, 0.2) is 0 Å². The average Bonchev–Trinajstić information content (AvgIpc) is 2.19. The third kappa shape index (κ3) is 3.56. The zero-order valence-corrected chi connectivity index (χ0v) is 9.70. The molecule has 2 N–H and O–H groups in total. The van der Waals surface area contributed by atoms with E-state index in [0.29, 0.717) is 18.0 Å². The van der Waals surface area contributed by atoms with Crippen molar-refractivity contribution < 1.29 is 4.74 Å². The third-order valence-electron chi connectivity index (χ3n) is 3.17. The molecule has 1 aliphatic rings. The molecule has 0 aromatic carbocycles. The van der Waals surface area contributed by atoms with E-state index < -0.39 is 0 Å². The van der Waals surface area contributed by atoms with Gasteiger partial charge in [-0.05, 0) is 25.8 Å². The fourth-order valence-corrected chi connectivity index (χ4v) is 1.82. The van der Waals surface area contributed by atoms with Crippen LogP contribution in [0.5, 0.6) is 0 Å². The Balaban J connectivity index is 2.28. The molecule has 0 aliphatic carbocycles. The zero-order chi connectivity index (χ0) is 10.6. The average molecular weight is 200 g/mol. The van der Waals surface area contributed by atoms with E-state index in [4.69, 9.17) is 10.5 Å². The summed E-state index contributed by atoms with van der Waals surface area (Å²) in [6.07, 6.45) is 2.31. The minimum Gasteiger partial charge on any atom is -0.381 e. The molecule has 1 aliphatic heterocycles. The van der Waals surface area contributed by atoms with Crippen molar-refractivity contribution in [3.8, 4) is 0 Å². The van der Waals surface area contributed by atoms with E-state index in [1.165, 1.54) is 0 Å². The number of nitrogens with two attached hydrogens (primary N) is 1. The van der Waals surface area contributed by atoms with Crippen molar-refractivity contribution in [2.75, 3.05) is 26.8 Å². The lowest BCUT2D eigenvalue weighted by molar-refractivity contribution is 0.0400. The summed E-state index contributed by atoms with van der Waals surface area (Å²) in [6, 6.07) is 0.969. The molecule has 14 heavy (non-hydrogen) atoms. The molecule has 1 unspecified atom stereocenters. The number of hydrogen-bond donors (Lipinski definition) is 1. The van der Waals surface area contributed by atoms with Gasteiger partial charge in [-0.25, -0.2) is 0 Å². The molecular weight excluding hydrogens is 176 g/mol. The normalized spacial score (nSPS) is 21.9. The first-order chi connectivity index (χ1) is 6.61. The van der Waals surface area contributed by atoms with Crippen LogP contribution >= 0.6 is 0 Å². The van der Waals surface area contributed by atoms with E-state index in [1.54, 1.807) is 0 Å². The Bertz CT molecular complexity index is 155. The van der Waals surface area contributed by atoms with Crippen LogP contribution in [0, 0.1) is 5.92 Å². The molecule has 0 spiro atoms. The van der Waals surface area contributed by atoms with Crippen molar-refractivity contribution in [2.45, 2.75) is 38.8 Å². The SMILES string of the molecule is CC(C)C(N)CN(C)C1CCOCC1. The van der Waals surface area contributed by atoms with Gasteiger partial charge in [0.2, 0.25) is 0 Å². The highest BCUT2D eigenvalue weighted by Gasteiger charge is 2.20. The van der Waals surface area contributed by atoms with E-state index in [0.717, 1.165) is 32.6 Å². The summed E-state index contributed by atoms with van der Waals surface area (Å²) in [5.74, 6) is 0.567. The second-order valence-electron chi connectivity index (χ2n) is 4.69. The second kappa shape index (κ2) is 5.69. The standard InChI is InChI=1S/C11H24N2O/c1-9(2)11(12)8-13(3)10-4-6-14-7-5-10/h9-11H,4-8,12H2,1-3H3. The molecule has 0 radical (unpaired) electrons. The molecule has 1 rings (SSSR count). The first-order valence-corrected chi connectivity index (χ1v) is 5.65. The fraction of sp³-hybridized carbons (Fsp3) is 1.00. The van der Waals surface area contributed by atoms with E-state index in [9.17, 15) is 0 Å². The van der Waals surface area contributed by atoms with Gasteiger partial charge < -0.3 is 15.4 Å². The number of nitrogens with zero attached hydrogens (tertiary/aromatic N) is 1. The quantitative estimate of drug-likeness (QED) is 0.738. The Morgan fingerprint density at radius 2 is 1.93 bits per heavy atom. The van der Waals surface area contributed by atoms with E-state index in [2.05, 4.69) is 25.8 Å². The lowest BCUT2D eigenvalue weighted by Gasteiger charge is -2.33. The summed E-state index contributed by atoms with van der Waals surface area (Å²) in [7, 11) is 2.18. The van der Waals surface area contributed by atoms with Crippen molar-refractivity contribution in [1.82, 2.24) is 4.90 Å². The molecule has 0 saturated carbocycles. The Labute approximate surface area is 87.6 Å². The maximum atomic E-state index is 6.05. The van der Waals surface area contributed by atoms with Crippen molar-refractivity contribution in [2.24, 2.45) is 11.7 Å². The maximum absolute atomic E-state index is 6.05. The van der Waals surface area contributed by atoms with Crippen LogP contribution in [0.4, 0.5) is 0 Å². The highest BCUT2D eigenvalue weighted by molar-refractivity contribution is 4.76. The number of rotatable bonds is 4. The van der Waals surface area contributed by atoms with Crippen molar-refractivity contribution >= 4 is 0 Å². The predicted octanol–water partition coefficient (Wildman–Crippen LogP) is 1.08. The summed E-state index contributed by atoms with van der Waals surface area (Å²) in [5, 5.41) is 0. The summed E-state index contributed by atoms with van der Waals surface area (Å²) >= 11 is 0. The van der Waals surface area contributed by atoms with Gasteiger partial charge in [-0.3, -0.25) is 0 Å². The molecule has 3 heteroatoms. The lowest BCUT2D eigenvalue weighted by atomic mass is 10.0. The molecule has 0 aromatic heterocycles. The minimum atomic E-state index is 0.294. The van der Waals surface area contributed by atoms with Crippen LogP contribution in [0.2, 0.25) is 0 Å². The van der Waals surface area contributed by atoms with Crippen LogP contribution in [0.1, 0.15) is 26.7 Å². The highest BCUT2D eigenvalue weighted by Crippen LogP contribution is 2.13. The molecule has 0 aromatic rings. The molecule has 0 bridgehead atoms. The Morgan fingerprint density at radius 1 is 1.36 bits per heavy atom. The second-order valence-corrected chi connectivity index (χ2v) is 4.69. The Kier molecular flexibility index (Phi) is 4.85. The topological polar surface area (TPSA) is 38.5 Å². The van der Waals surface area contributed by atoms with Gasteiger partial charge in [-0.15, -0.1) is 0 Å². The maximum Gasteiger partial charge on any atom is 0.0480 e. The molecule has 1 saturated heterocycles. The van der Waals surface area contributed by atoms with Crippen LogP contribution in [0.3, 0.4) is 0 Å². The van der Waals surface area contributed by atoms with Gasteiger partial charge in [0.25, 0.3) is 0 Å². The van der Waals surface area contributed by atoms with Gasteiger partial charge in [-0.2, -0.15) is 0 Å². The molecule has 3 nitrogen and oxygen atoms in total. The van der Waals surface area contributed by atoms with Crippen molar-refractivity contribution in [1.29, 1.82) is 0 Å². The highest BCUT2D eigenvalue weighted by atomic mass is 16.5. The molecule has 84 valence electrons. The summed E-state index contributed by atoms with van der Waals surface area (Å²) in [6.45, 7) is 7.19. The Morgan fingerprint density at radius 3 is 2.43 bits per heavy atom. The molecular formula is C11H24N2O. The first-order valence-electron chi connectivity index (χ1n) is 5.65. The number of ether oxygens (including phenoxy) is 1. The fourth-order valence-electron chi connectivity index (χ4n) is 1.82. The van der Waals surface area contributed by atoms with Crippen LogP contribution < -0.4 is 5.73 Å². The molecule has 0 amide bonds.